The monoisotopic (exact) mass is 364 g/mol. The van der Waals surface area contributed by atoms with E-state index < -0.39 is 0 Å². The Kier molecular flexibility index (Phi) is 11.4. The van der Waals surface area contributed by atoms with E-state index in [4.69, 9.17) is 14.2 Å². The molecule has 1 aromatic carbocycles. The SMILES string of the molecule is CCCCCCOC(=O)c1ccc(C(=O)OCCC(C)CCOC)cc1. The quantitative estimate of drug-likeness (QED) is 0.377. The molecule has 0 aliphatic rings. The van der Waals surface area contributed by atoms with Gasteiger partial charge in [-0.25, -0.2) is 9.59 Å². The molecule has 0 radical (unpaired) electrons. The van der Waals surface area contributed by atoms with Crippen LogP contribution in [0, 0.1) is 5.92 Å². The van der Waals surface area contributed by atoms with Crippen LogP contribution in [-0.4, -0.2) is 38.9 Å². The van der Waals surface area contributed by atoms with Crippen molar-refractivity contribution in [2.24, 2.45) is 5.92 Å². The Balaban J connectivity index is 2.34. The molecule has 1 unspecified atom stereocenters. The van der Waals surface area contributed by atoms with Crippen molar-refractivity contribution >= 4 is 11.9 Å². The van der Waals surface area contributed by atoms with Crippen molar-refractivity contribution in [2.75, 3.05) is 26.9 Å². The number of hydrogen-bond acceptors (Lipinski definition) is 5. The van der Waals surface area contributed by atoms with Gasteiger partial charge in [0.15, 0.2) is 0 Å². The molecular weight excluding hydrogens is 332 g/mol. The second kappa shape index (κ2) is 13.3. The number of esters is 2. The van der Waals surface area contributed by atoms with Gasteiger partial charge in [-0.1, -0.05) is 33.1 Å². The van der Waals surface area contributed by atoms with Gasteiger partial charge >= 0.3 is 11.9 Å². The van der Waals surface area contributed by atoms with Gasteiger partial charge in [-0.05, 0) is 49.4 Å². The third-order valence-electron chi connectivity index (χ3n) is 4.25. The van der Waals surface area contributed by atoms with Gasteiger partial charge in [-0.3, -0.25) is 0 Å². The molecule has 0 saturated heterocycles. The Bertz CT molecular complexity index is 524. The highest BCUT2D eigenvalue weighted by Gasteiger charge is 2.11. The summed E-state index contributed by atoms with van der Waals surface area (Å²) < 4.78 is 15.6. The number of carbonyl (C=O) groups is 2. The highest BCUT2D eigenvalue weighted by atomic mass is 16.5. The molecule has 5 heteroatoms. The lowest BCUT2D eigenvalue weighted by atomic mass is 10.1. The van der Waals surface area contributed by atoms with E-state index in [-0.39, 0.29) is 11.9 Å². The van der Waals surface area contributed by atoms with E-state index in [0.717, 1.165) is 38.5 Å². The molecule has 26 heavy (non-hydrogen) atoms. The number of unbranched alkanes of at least 4 members (excludes halogenated alkanes) is 3. The Morgan fingerprint density at radius 1 is 0.846 bits per heavy atom. The lowest BCUT2D eigenvalue weighted by Gasteiger charge is -2.11. The van der Waals surface area contributed by atoms with Gasteiger partial charge in [0.25, 0.3) is 0 Å². The van der Waals surface area contributed by atoms with Gasteiger partial charge in [0, 0.05) is 13.7 Å². The van der Waals surface area contributed by atoms with E-state index in [1.54, 1.807) is 31.4 Å². The molecule has 1 rings (SSSR count). The lowest BCUT2D eigenvalue weighted by molar-refractivity contribution is 0.0471. The number of ether oxygens (including phenoxy) is 3. The van der Waals surface area contributed by atoms with Crippen LogP contribution in [0.25, 0.3) is 0 Å². The normalized spacial score (nSPS) is 11.8. The molecule has 0 bridgehead atoms. The van der Waals surface area contributed by atoms with Crippen LogP contribution in [-0.2, 0) is 14.2 Å². The minimum Gasteiger partial charge on any atom is -0.462 e. The molecule has 0 aliphatic heterocycles. The maximum Gasteiger partial charge on any atom is 0.338 e. The number of hydrogen-bond donors (Lipinski definition) is 0. The summed E-state index contributed by atoms with van der Waals surface area (Å²) in [6.45, 7) is 5.77. The molecule has 5 nitrogen and oxygen atoms in total. The number of methoxy groups -OCH3 is 1. The van der Waals surface area contributed by atoms with Crippen LogP contribution in [0.3, 0.4) is 0 Å². The highest BCUT2D eigenvalue weighted by molar-refractivity contribution is 5.93. The van der Waals surface area contributed by atoms with Crippen molar-refractivity contribution < 1.29 is 23.8 Å². The fourth-order valence-electron chi connectivity index (χ4n) is 2.42. The summed E-state index contributed by atoms with van der Waals surface area (Å²) in [4.78, 5) is 24.0. The molecule has 0 N–H and O–H groups in total. The van der Waals surface area contributed by atoms with Crippen LogP contribution in [0.5, 0.6) is 0 Å². The first kappa shape index (κ1) is 22.2. The molecule has 0 aliphatic carbocycles. The summed E-state index contributed by atoms with van der Waals surface area (Å²) in [6.07, 6.45) is 6.00. The van der Waals surface area contributed by atoms with Crippen molar-refractivity contribution in [3.8, 4) is 0 Å². The van der Waals surface area contributed by atoms with E-state index in [1.807, 2.05) is 0 Å². The molecule has 146 valence electrons. The minimum absolute atomic E-state index is 0.353. The zero-order valence-electron chi connectivity index (χ0n) is 16.3. The summed E-state index contributed by atoms with van der Waals surface area (Å²) in [6, 6.07) is 6.41. The van der Waals surface area contributed by atoms with E-state index in [0.29, 0.717) is 36.9 Å². The smallest absolute Gasteiger partial charge is 0.338 e. The first-order valence-electron chi connectivity index (χ1n) is 9.51. The largest absolute Gasteiger partial charge is 0.462 e. The molecule has 1 aromatic rings. The second-order valence-electron chi connectivity index (χ2n) is 6.59. The number of benzene rings is 1. The topological polar surface area (TPSA) is 61.8 Å². The Morgan fingerprint density at radius 3 is 1.92 bits per heavy atom. The lowest BCUT2D eigenvalue weighted by Crippen LogP contribution is -2.11. The van der Waals surface area contributed by atoms with Gasteiger partial charge < -0.3 is 14.2 Å². The third-order valence-corrected chi connectivity index (χ3v) is 4.25. The molecule has 0 spiro atoms. The maximum atomic E-state index is 12.0. The van der Waals surface area contributed by atoms with Crippen molar-refractivity contribution in [3.05, 3.63) is 35.4 Å². The Hall–Kier alpha value is -1.88. The minimum atomic E-state index is -0.372. The standard InChI is InChI=1S/C21H32O5/c1-4-5-6-7-14-25-20(22)18-8-10-19(11-9-18)21(23)26-16-13-17(2)12-15-24-3/h8-11,17H,4-7,12-16H2,1-3H3. The Labute approximate surface area is 157 Å². The van der Waals surface area contributed by atoms with Gasteiger partial charge in [0.2, 0.25) is 0 Å². The Morgan fingerprint density at radius 2 is 1.38 bits per heavy atom. The molecular formula is C21H32O5. The first-order chi connectivity index (χ1) is 12.6. The second-order valence-corrected chi connectivity index (χ2v) is 6.59. The van der Waals surface area contributed by atoms with Gasteiger partial charge in [0.05, 0.1) is 24.3 Å². The van der Waals surface area contributed by atoms with Crippen LogP contribution < -0.4 is 0 Å². The van der Waals surface area contributed by atoms with Crippen LogP contribution in [0.2, 0.25) is 0 Å². The zero-order chi connectivity index (χ0) is 19.2. The van der Waals surface area contributed by atoms with E-state index in [2.05, 4.69) is 13.8 Å². The van der Waals surface area contributed by atoms with Gasteiger partial charge in [-0.15, -0.1) is 0 Å². The fraction of sp³-hybridized carbons (Fsp3) is 0.619. The van der Waals surface area contributed by atoms with Gasteiger partial charge in [0.1, 0.15) is 0 Å². The number of rotatable bonds is 13. The van der Waals surface area contributed by atoms with Crippen LogP contribution in [0.15, 0.2) is 24.3 Å². The average Bonchev–Trinajstić information content (AvgIpc) is 2.66. The zero-order valence-corrected chi connectivity index (χ0v) is 16.3. The van der Waals surface area contributed by atoms with E-state index in [9.17, 15) is 9.59 Å². The summed E-state index contributed by atoms with van der Waals surface area (Å²) in [5, 5.41) is 0. The van der Waals surface area contributed by atoms with Crippen molar-refractivity contribution in [2.45, 2.75) is 52.4 Å². The molecule has 0 saturated carbocycles. The van der Waals surface area contributed by atoms with Crippen LogP contribution in [0.4, 0.5) is 0 Å². The maximum absolute atomic E-state index is 12.0. The molecule has 1 atom stereocenters. The predicted octanol–water partition coefficient (Wildman–Crippen LogP) is 4.64. The van der Waals surface area contributed by atoms with E-state index >= 15 is 0 Å². The molecule has 0 heterocycles. The molecule has 0 aromatic heterocycles. The summed E-state index contributed by atoms with van der Waals surface area (Å²) in [7, 11) is 1.68. The van der Waals surface area contributed by atoms with Crippen molar-refractivity contribution in [3.63, 3.8) is 0 Å². The van der Waals surface area contributed by atoms with E-state index in [1.165, 1.54) is 0 Å². The molecule has 0 amide bonds. The predicted molar refractivity (Wildman–Crippen MR) is 101 cm³/mol. The van der Waals surface area contributed by atoms with Crippen molar-refractivity contribution in [1.82, 2.24) is 0 Å². The summed E-state index contributed by atoms with van der Waals surface area (Å²) in [5.41, 5.74) is 0.888. The average molecular weight is 364 g/mol. The number of carbonyl (C=O) groups excluding carboxylic acids is 2. The summed E-state index contributed by atoms with van der Waals surface area (Å²) >= 11 is 0. The first-order valence-corrected chi connectivity index (χ1v) is 9.51. The summed E-state index contributed by atoms with van der Waals surface area (Å²) in [5.74, 6) is -0.283. The molecule has 0 fully saturated rings. The third kappa shape index (κ3) is 8.99. The van der Waals surface area contributed by atoms with Gasteiger partial charge in [-0.2, -0.15) is 0 Å². The fourth-order valence-corrected chi connectivity index (χ4v) is 2.42. The van der Waals surface area contributed by atoms with Crippen LogP contribution in [0.1, 0.15) is 73.1 Å². The van der Waals surface area contributed by atoms with Crippen molar-refractivity contribution in [1.29, 1.82) is 0 Å². The van der Waals surface area contributed by atoms with Crippen LogP contribution >= 0.6 is 0 Å². The highest BCUT2D eigenvalue weighted by Crippen LogP contribution is 2.11.